The molecule has 7 nitrogen and oxygen atoms in total. The lowest BCUT2D eigenvalue weighted by Crippen LogP contribution is -2.19. The Hall–Kier alpha value is -4.25. The number of H-pyrrole nitrogens is 1. The summed E-state index contributed by atoms with van der Waals surface area (Å²) >= 11 is 0. The van der Waals surface area contributed by atoms with Crippen molar-refractivity contribution in [1.29, 1.82) is 5.26 Å². The van der Waals surface area contributed by atoms with Crippen molar-refractivity contribution in [3.8, 4) is 6.07 Å². The van der Waals surface area contributed by atoms with Crippen LogP contribution in [0.3, 0.4) is 0 Å². The standard InChI is InChI=1S/C26H30FN7/c1-6-7-21(24(11-14-29-4)30-18-31-26-16-20(3)32-33-26)12-15-34(5)25(10-13-28)22-9-8-19(2)23(27)17-22/h6-9,11-12,14-17,25H,1,4,10,18H2,2-3,5H3,(H2,31,32,33)/b14-11-,15-12-,21-7+,30-24?. The molecule has 0 radical (unpaired) electrons. The molecule has 0 saturated heterocycles. The molecule has 0 amide bonds. The molecule has 1 unspecified atom stereocenters. The average Bonchev–Trinajstić information content (AvgIpc) is 3.24. The number of nitrogens with one attached hydrogen (secondary N) is 2. The van der Waals surface area contributed by atoms with Gasteiger partial charge in [-0.2, -0.15) is 10.4 Å². The van der Waals surface area contributed by atoms with Crippen LogP contribution in [0.1, 0.15) is 29.3 Å². The summed E-state index contributed by atoms with van der Waals surface area (Å²) in [6.07, 6.45) is 10.7. The van der Waals surface area contributed by atoms with Crippen LogP contribution in [-0.2, 0) is 0 Å². The molecule has 2 rings (SSSR count). The summed E-state index contributed by atoms with van der Waals surface area (Å²) in [6, 6.07) is 8.82. The quantitative estimate of drug-likeness (QED) is 0.328. The maximum Gasteiger partial charge on any atom is 0.149 e. The van der Waals surface area contributed by atoms with Crippen LogP contribution >= 0.6 is 0 Å². The van der Waals surface area contributed by atoms with Gasteiger partial charge < -0.3 is 10.2 Å². The predicted molar refractivity (Wildman–Crippen MR) is 137 cm³/mol. The molecular formula is C26H30FN7. The molecule has 1 atom stereocenters. The van der Waals surface area contributed by atoms with Gasteiger partial charge in [0.1, 0.15) is 18.3 Å². The summed E-state index contributed by atoms with van der Waals surface area (Å²) < 4.78 is 14.1. The predicted octanol–water partition coefficient (Wildman–Crippen LogP) is 5.40. The monoisotopic (exact) mass is 459 g/mol. The Balaban J connectivity index is 2.27. The first-order chi connectivity index (χ1) is 16.4. The number of nitriles is 1. The van der Waals surface area contributed by atoms with E-state index in [9.17, 15) is 9.65 Å². The SMILES string of the molecule is C=C/C=C(\C=C/N(C)C(CC#N)c1ccc(C)c(F)c1)C(/C=C\N=C)=NCNc1cc(C)[nH]n1. The molecule has 0 bridgehead atoms. The van der Waals surface area contributed by atoms with Gasteiger partial charge in [0.2, 0.25) is 0 Å². The summed E-state index contributed by atoms with van der Waals surface area (Å²) in [7, 11) is 1.85. The van der Waals surface area contributed by atoms with Crippen molar-refractivity contribution in [3.05, 3.63) is 95.8 Å². The molecule has 176 valence electrons. The Morgan fingerprint density at radius 1 is 1.35 bits per heavy atom. The highest BCUT2D eigenvalue weighted by atomic mass is 19.1. The van der Waals surface area contributed by atoms with E-state index in [2.05, 4.69) is 44.9 Å². The van der Waals surface area contributed by atoms with E-state index in [1.165, 1.54) is 6.07 Å². The molecule has 0 saturated carbocycles. The fourth-order valence-corrected chi connectivity index (χ4v) is 3.13. The lowest BCUT2D eigenvalue weighted by Gasteiger charge is -2.25. The van der Waals surface area contributed by atoms with Gasteiger partial charge in [0, 0.05) is 36.8 Å². The fraction of sp³-hybridized carbons (Fsp3) is 0.231. The smallest absolute Gasteiger partial charge is 0.149 e. The van der Waals surface area contributed by atoms with Gasteiger partial charge in [-0.25, -0.2) is 4.39 Å². The Morgan fingerprint density at radius 3 is 2.76 bits per heavy atom. The molecule has 0 aliphatic heterocycles. The number of aromatic nitrogens is 2. The second-order valence-corrected chi connectivity index (χ2v) is 7.54. The molecule has 1 heterocycles. The third kappa shape index (κ3) is 7.71. The normalized spacial score (nSPS) is 13.1. The molecule has 0 aliphatic rings. The number of rotatable bonds is 12. The Morgan fingerprint density at radius 2 is 2.15 bits per heavy atom. The molecule has 2 aromatic rings. The fourth-order valence-electron chi connectivity index (χ4n) is 3.13. The Bertz CT molecular complexity index is 1150. The molecule has 2 N–H and O–H groups in total. The number of aromatic amines is 1. The first-order valence-corrected chi connectivity index (χ1v) is 10.7. The largest absolute Gasteiger partial charge is 0.372 e. The number of benzene rings is 1. The van der Waals surface area contributed by atoms with Crippen molar-refractivity contribution in [2.45, 2.75) is 26.3 Å². The van der Waals surface area contributed by atoms with Crippen molar-refractivity contribution < 1.29 is 4.39 Å². The number of hydrogen-bond donors (Lipinski definition) is 2. The maximum atomic E-state index is 14.1. The highest BCUT2D eigenvalue weighted by molar-refractivity contribution is 6.10. The summed E-state index contributed by atoms with van der Waals surface area (Å²) in [4.78, 5) is 10.3. The highest BCUT2D eigenvalue weighted by Crippen LogP contribution is 2.25. The molecule has 1 aromatic carbocycles. The van der Waals surface area contributed by atoms with Crippen LogP contribution < -0.4 is 5.32 Å². The zero-order chi connectivity index (χ0) is 24.9. The Labute approximate surface area is 200 Å². The van der Waals surface area contributed by atoms with Crippen molar-refractivity contribution >= 4 is 18.2 Å². The summed E-state index contributed by atoms with van der Waals surface area (Å²) in [5.41, 5.74) is 3.66. The lowest BCUT2D eigenvalue weighted by atomic mass is 10.0. The molecule has 1 aromatic heterocycles. The van der Waals surface area contributed by atoms with E-state index in [-0.39, 0.29) is 18.3 Å². The minimum absolute atomic E-state index is 0.206. The van der Waals surface area contributed by atoms with Crippen molar-refractivity contribution in [2.24, 2.45) is 9.98 Å². The first kappa shape index (κ1) is 26.0. The van der Waals surface area contributed by atoms with Crippen LogP contribution in [0.5, 0.6) is 0 Å². The minimum atomic E-state index is -0.309. The summed E-state index contributed by atoms with van der Waals surface area (Å²) in [5.74, 6) is 0.404. The number of aliphatic imine (C=N–C) groups is 2. The van der Waals surface area contributed by atoms with Crippen LogP contribution in [-0.4, -0.2) is 41.2 Å². The van der Waals surface area contributed by atoms with Gasteiger partial charge in [-0.05, 0) is 49.9 Å². The topological polar surface area (TPSA) is 92.5 Å². The van der Waals surface area contributed by atoms with E-state index in [1.807, 2.05) is 49.4 Å². The number of hydrogen-bond acceptors (Lipinski definition) is 6. The number of anilines is 1. The van der Waals surface area contributed by atoms with Crippen LogP contribution in [0.15, 0.2) is 83.1 Å². The van der Waals surface area contributed by atoms with Crippen molar-refractivity contribution in [2.75, 3.05) is 19.0 Å². The van der Waals surface area contributed by atoms with Crippen LogP contribution in [0.2, 0.25) is 0 Å². The van der Waals surface area contributed by atoms with E-state index in [4.69, 9.17) is 0 Å². The van der Waals surface area contributed by atoms with E-state index >= 15 is 0 Å². The van der Waals surface area contributed by atoms with Crippen molar-refractivity contribution in [1.82, 2.24) is 15.1 Å². The van der Waals surface area contributed by atoms with E-state index in [0.29, 0.717) is 23.8 Å². The third-order valence-electron chi connectivity index (χ3n) is 4.99. The highest BCUT2D eigenvalue weighted by Gasteiger charge is 2.16. The van der Waals surface area contributed by atoms with Crippen LogP contribution in [0.25, 0.3) is 0 Å². The van der Waals surface area contributed by atoms with Crippen LogP contribution in [0, 0.1) is 31.0 Å². The average molecular weight is 460 g/mol. The zero-order valence-corrected chi connectivity index (χ0v) is 19.8. The van der Waals surface area contributed by atoms with E-state index in [0.717, 1.165) is 16.8 Å². The van der Waals surface area contributed by atoms with E-state index < -0.39 is 0 Å². The van der Waals surface area contributed by atoms with Crippen molar-refractivity contribution in [3.63, 3.8) is 0 Å². The van der Waals surface area contributed by atoms with Gasteiger partial charge in [0.25, 0.3) is 0 Å². The van der Waals surface area contributed by atoms with Gasteiger partial charge in [-0.3, -0.25) is 15.1 Å². The molecule has 8 heteroatoms. The third-order valence-corrected chi connectivity index (χ3v) is 4.99. The Kier molecular flexibility index (Phi) is 10.2. The number of halogens is 1. The first-order valence-electron chi connectivity index (χ1n) is 10.7. The lowest BCUT2D eigenvalue weighted by molar-refractivity contribution is 0.340. The molecule has 34 heavy (non-hydrogen) atoms. The van der Waals surface area contributed by atoms with Gasteiger partial charge in [-0.15, -0.1) is 0 Å². The van der Waals surface area contributed by atoms with E-state index in [1.54, 1.807) is 31.3 Å². The molecule has 0 fully saturated rings. The van der Waals surface area contributed by atoms with Crippen LogP contribution in [0.4, 0.5) is 10.2 Å². The maximum absolute atomic E-state index is 14.1. The second kappa shape index (κ2) is 13.3. The second-order valence-electron chi connectivity index (χ2n) is 7.54. The minimum Gasteiger partial charge on any atom is -0.372 e. The number of allylic oxidation sites excluding steroid dienone is 5. The molecule has 0 aliphatic carbocycles. The molecule has 0 spiro atoms. The number of aryl methyl sites for hydroxylation is 2. The number of nitrogens with zero attached hydrogens (tertiary/aromatic N) is 5. The summed E-state index contributed by atoms with van der Waals surface area (Å²) in [5, 5.41) is 19.5. The summed E-state index contributed by atoms with van der Waals surface area (Å²) in [6.45, 7) is 11.2. The molecular weight excluding hydrogens is 429 g/mol. The van der Waals surface area contributed by atoms with Gasteiger partial charge >= 0.3 is 0 Å². The van der Waals surface area contributed by atoms with Gasteiger partial charge in [0.15, 0.2) is 0 Å². The zero-order valence-electron chi connectivity index (χ0n) is 19.8. The van der Waals surface area contributed by atoms with Gasteiger partial charge in [0.05, 0.1) is 24.2 Å². The van der Waals surface area contributed by atoms with Gasteiger partial charge in [-0.1, -0.05) is 30.9 Å².